The van der Waals surface area contributed by atoms with Crippen LogP contribution >= 0.6 is 0 Å². The summed E-state index contributed by atoms with van der Waals surface area (Å²) in [6.07, 6.45) is 1.44. The molecule has 1 N–H and O–H groups in total. The Hall–Kier alpha value is -3.54. The summed E-state index contributed by atoms with van der Waals surface area (Å²) < 4.78 is 76.2. The number of hydrogen-bond acceptors (Lipinski definition) is 7. The molecule has 1 aliphatic heterocycles. The van der Waals surface area contributed by atoms with Gasteiger partial charge in [-0.15, -0.1) is 0 Å². The van der Waals surface area contributed by atoms with Crippen LogP contribution in [0, 0.1) is 0 Å². The van der Waals surface area contributed by atoms with Crippen molar-refractivity contribution in [2.45, 2.75) is 38.1 Å². The van der Waals surface area contributed by atoms with Gasteiger partial charge >= 0.3 is 0 Å². The van der Waals surface area contributed by atoms with E-state index >= 15 is 0 Å². The number of aryl methyl sites for hydroxylation is 2. The van der Waals surface area contributed by atoms with Gasteiger partial charge in [-0.2, -0.15) is 9.40 Å². The van der Waals surface area contributed by atoms with Crippen LogP contribution in [0.1, 0.15) is 38.4 Å². The highest BCUT2D eigenvalue weighted by Crippen LogP contribution is 2.32. The summed E-state index contributed by atoms with van der Waals surface area (Å²) in [6.45, 7) is 5.11. The van der Waals surface area contributed by atoms with Gasteiger partial charge in [-0.1, -0.05) is 43.6 Å². The summed E-state index contributed by atoms with van der Waals surface area (Å²) >= 11 is 0. The third-order valence-electron chi connectivity index (χ3n) is 6.66. The highest BCUT2D eigenvalue weighted by atomic mass is 32.2. The molecule has 5 rings (SSSR count). The van der Waals surface area contributed by atoms with Crippen molar-refractivity contribution >= 4 is 21.1 Å². The fourth-order valence-corrected chi connectivity index (χ4v) is 6.22. The van der Waals surface area contributed by atoms with Crippen LogP contribution in [-0.4, -0.2) is 70.2 Å². The van der Waals surface area contributed by atoms with Crippen molar-refractivity contribution < 1.29 is 20.0 Å². The molecule has 11 heteroatoms. The molecule has 0 radical (unpaired) electrons. The van der Waals surface area contributed by atoms with Crippen LogP contribution in [0.15, 0.2) is 58.1 Å². The van der Waals surface area contributed by atoms with Crippen LogP contribution in [0.5, 0.6) is 5.75 Å². The number of hydrogen-bond donors (Lipinski definition) is 1. The van der Waals surface area contributed by atoms with Crippen LogP contribution in [-0.2, 0) is 30.0 Å². The number of rotatable bonds is 9. The van der Waals surface area contributed by atoms with Gasteiger partial charge in [0.05, 0.1) is 29.6 Å². The second-order valence-corrected chi connectivity index (χ2v) is 11.2. The number of piperazine rings is 1. The van der Waals surface area contributed by atoms with E-state index < -0.39 is 33.7 Å². The molecule has 0 atom stereocenters. The number of fused-ring (bicyclic) bond motifs is 1. The number of nitrogens with one attached hydrogen (secondary N) is 1. The van der Waals surface area contributed by atoms with Crippen LogP contribution in [0.4, 0.5) is 0 Å². The average Bonchev–Trinajstić information content (AvgIpc) is 3.33. The second-order valence-electron chi connectivity index (χ2n) is 9.31. The Balaban J connectivity index is 1.43. The van der Waals surface area contributed by atoms with Gasteiger partial charge in [0.2, 0.25) is 10.0 Å². The number of ether oxygens (including phenoxy) is 1. The molecule has 39 heavy (non-hydrogen) atoms. The number of aromatic amines is 1. The lowest BCUT2D eigenvalue weighted by Crippen LogP contribution is -2.48. The molecule has 0 saturated carbocycles. The van der Waals surface area contributed by atoms with E-state index in [0.717, 1.165) is 6.42 Å². The Labute approximate surface area is 235 Å². The Kier molecular flexibility index (Phi) is 6.17. The molecule has 206 valence electrons. The number of benzene rings is 2. The zero-order valence-corrected chi connectivity index (χ0v) is 23.0. The van der Waals surface area contributed by atoms with E-state index in [9.17, 15) is 13.2 Å². The van der Waals surface area contributed by atoms with Crippen molar-refractivity contribution in [1.82, 2.24) is 29.0 Å². The van der Waals surface area contributed by atoms with Gasteiger partial charge in [-0.25, -0.2) is 13.4 Å². The van der Waals surface area contributed by atoms with Gasteiger partial charge in [0.1, 0.15) is 17.1 Å². The Morgan fingerprint density at radius 2 is 1.85 bits per heavy atom. The highest BCUT2D eigenvalue weighted by Gasteiger charge is 2.30. The van der Waals surface area contributed by atoms with Crippen LogP contribution < -0.4 is 10.3 Å². The van der Waals surface area contributed by atoms with E-state index in [4.69, 9.17) is 16.6 Å². The molecule has 1 saturated heterocycles. The Morgan fingerprint density at radius 1 is 1.10 bits per heavy atom. The zero-order chi connectivity index (χ0) is 31.9. The molecule has 2 aromatic carbocycles. The van der Waals surface area contributed by atoms with E-state index in [2.05, 4.69) is 10.1 Å². The summed E-state index contributed by atoms with van der Waals surface area (Å²) in [4.78, 5) is 22.4. The molecular formula is C28H34N6O4S. The molecule has 0 bridgehead atoms. The van der Waals surface area contributed by atoms with Gasteiger partial charge < -0.3 is 9.72 Å². The minimum Gasteiger partial charge on any atom is -0.493 e. The first-order valence-corrected chi connectivity index (χ1v) is 14.3. The summed E-state index contributed by atoms with van der Waals surface area (Å²) in [5, 5.41) is 4.45. The van der Waals surface area contributed by atoms with E-state index in [-0.39, 0.29) is 48.0 Å². The van der Waals surface area contributed by atoms with Crippen molar-refractivity contribution in [2.24, 2.45) is 7.05 Å². The SMILES string of the molecule is [2H]c1c([2H])c([2H])c(CN2CCN(S(=O)(=O)c3ccc(OCC)c(-c4nc5c(CCC)nn(C)c5c(=O)[nH]4)c3)CC2)c([2H])c1[2H]. The summed E-state index contributed by atoms with van der Waals surface area (Å²) in [5.74, 6) is 0.551. The lowest BCUT2D eigenvalue weighted by atomic mass is 10.1. The molecule has 0 spiro atoms. The van der Waals surface area contributed by atoms with E-state index in [1.54, 1.807) is 20.0 Å². The lowest BCUT2D eigenvalue weighted by molar-refractivity contribution is 0.181. The number of aromatic nitrogens is 4. The molecule has 1 fully saturated rings. The second kappa shape index (κ2) is 11.3. The van der Waals surface area contributed by atoms with Gasteiger partial charge in [-0.05, 0) is 37.1 Å². The summed E-state index contributed by atoms with van der Waals surface area (Å²) in [6, 6.07) is 2.72. The van der Waals surface area contributed by atoms with Crippen molar-refractivity contribution in [2.75, 3.05) is 32.8 Å². The van der Waals surface area contributed by atoms with Crippen molar-refractivity contribution in [3.8, 4) is 17.1 Å². The van der Waals surface area contributed by atoms with E-state index in [1.807, 2.05) is 11.8 Å². The minimum atomic E-state index is -3.97. The maximum absolute atomic E-state index is 13.8. The van der Waals surface area contributed by atoms with Crippen LogP contribution in [0.2, 0.25) is 0 Å². The van der Waals surface area contributed by atoms with Gasteiger partial charge in [0, 0.05) is 39.8 Å². The Morgan fingerprint density at radius 3 is 2.54 bits per heavy atom. The van der Waals surface area contributed by atoms with Gasteiger partial charge in [0.25, 0.3) is 5.56 Å². The topological polar surface area (TPSA) is 113 Å². The minimum absolute atomic E-state index is 0.0118. The molecule has 1 aliphatic rings. The van der Waals surface area contributed by atoms with Gasteiger partial charge in [-0.3, -0.25) is 14.4 Å². The van der Waals surface area contributed by atoms with Crippen LogP contribution in [0.25, 0.3) is 22.4 Å². The van der Waals surface area contributed by atoms with E-state index in [0.29, 0.717) is 54.2 Å². The smallest absolute Gasteiger partial charge is 0.277 e. The molecule has 10 nitrogen and oxygen atoms in total. The van der Waals surface area contributed by atoms with Crippen LogP contribution in [0.3, 0.4) is 0 Å². The van der Waals surface area contributed by atoms with E-state index in [1.165, 1.54) is 21.1 Å². The molecule has 4 aromatic rings. The molecule has 0 amide bonds. The maximum atomic E-state index is 13.8. The van der Waals surface area contributed by atoms with Gasteiger partial charge in [0.15, 0.2) is 5.52 Å². The molecule has 0 aliphatic carbocycles. The monoisotopic (exact) mass is 555 g/mol. The molecule has 2 aromatic heterocycles. The highest BCUT2D eigenvalue weighted by molar-refractivity contribution is 7.89. The first-order valence-electron chi connectivity index (χ1n) is 15.4. The first kappa shape index (κ1) is 21.3. The lowest BCUT2D eigenvalue weighted by Gasteiger charge is -2.34. The average molecular weight is 556 g/mol. The molecule has 0 unspecified atom stereocenters. The summed E-state index contributed by atoms with van der Waals surface area (Å²) in [5.41, 5.74) is 1.59. The standard InChI is InChI=1S/C28H34N6O4S/c1-4-9-23-25-26(32(3)31-23)28(35)30-27(29-25)22-18-21(12-13-24(22)38-5-2)39(36,37)34-16-14-33(15-17-34)19-20-10-7-6-8-11-20/h6-8,10-13,18H,4-5,9,14-17,19H2,1-3H3,(H,29,30,35)/i6D,7D,8D,10D,11D. The fourth-order valence-electron chi connectivity index (χ4n) is 4.77. The summed E-state index contributed by atoms with van der Waals surface area (Å²) in [7, 11) is -2.28. The third kappa shape index (κ3) is 5.47. The van der Waals surface area contributed by atoms with Crippen molar-refractivity contribution in [3.05, 3.63) is 70.0 Å². The normalized spacial score (nSPS) is 16.9. The molecular weight excluding hydrogens is 516 g/mol. The quantitative estimate of drug-likeness (QED) is 0.337. The van der Waals surface area contributed by atoms with Crippen molar-refractivity contribution in [1.29, 1.82) is 0 Å². The fraction of sp³-hybridized carbons (Fsp3) is 0.393. The zero-order valence-electron chi connectivity index (χ0n) is 27.2. The maximum Gasteiger partial charge on any atom is 0.277 e. The predicted octanol–water partition coefficient (Wildman–Crippen LogP) is 3.18. The Bertz CT molecular complexity index is 1880. The first-order chi connectivity index (χ1) is 20.9. The third-order valence-corrected chi connectivity index (χ3v) is 8.55. The largest absolute Gasteiger partial charge is 0.493 e. The number of nitrogens with zero attached hydrogens (tertiary/aromatic N) is 5. The number of sulfonamides is 1. The molecule has 3 heterocycles. The number of H-pyrrole nitrogens is 1. The predicted molar refractivity (Wildman–Crippen MR) is 150 cm³/mol. The van der Waals surface area contributed by atoms with Crippen molar-refractivity contribution in [3.63, 3.8) is 0 Å².